The third-order valence-corrected chi connectivity index (χ3v) is 2.82. The Morgan fingerprint density at radius 3 is 2.59 bits per heavy atom. The number of rotatable bonds is 3. The Kier molecular flexibility index (Phi) is 3.40. The quantitative estimate of drug-likeness (QED) is 0.737. The molecule has 0 amide bonds. The molecule has 0 aromatic heterocycles. The van der Waals surface area contributed by atoms with Gasteiger partial charge in [0.1, 0.15) is 0 Å². The van der Waals surface area contributed by atoms with E-state index in [1.165, 1.54) is 0 Å². The number of carbonyl (C=O) groups excluding carboxylic acids is 1. The van der Waals surface area contributed by atoms with Gasteiger partial charge in [0, 0.05) is 10.6 Å². The topological polar surface area (TPSA) is 17.1 Å². The molecule has 2 rings (SSSR count). The summed E-state index contributed by atoms with van der Waals surface area (Å²) in [5.74, 6) is 0. The van der Waals surface area contributed by atoms with Crippen molar-refractivity contribution in [2.75, 3.05) is 0 Å². The summed E-state index contributed by atoms with van der Waals surface area (Å²) in [6.07, 6.45) is 0.838. The Balaban J connectivity index is 2.47. The Morgan fingerprint density at radius 2 is 1.88 bits per heavy atom. The van der Waals surface area contributed by atoms with E-state index in [9.17, 15) is 4.79 Å². The van der Waals surface area contributed by atoms with Crippen LogP contribution >= 0.6 is 11.6 Å². The molecule has 0 saturated carbocycles. The zero-order chi connectivity index (χ0) is 12.3. The molecule has 0 bridgehead atoms. The van der Waals surface area contributed by atoms with Crippen LogP contribution in [0.5, 0.6) is 0 Å². The molecule has 0 saturated heterocycles. The number of hydrogen-bond acceptors (Lipinski definition) is 1. The van der Waals surface area contributed by atoms with Crippen LogP contribution in [0.2, 0.25) is 5.02 Å². The van der Waals surface area contributed by atoms with Crippen molar-refractivity contribution in [3.63, 3.8) is 0 Å². The summed E-state index contributed by atoms with van der Waals surface area (Å²) in [4.78, 5) is 11.0. The maximum Gasteiger partial charge on any atom is 0.150 e. The maximum absolute atomic E-state index is 11.0. The molecule has 0 aliphatic heterocycles. The molecule has 0 radical (unpaired) electrons. The van der Waals surface area contributed by atoms with E-state index in [1.807, 2.05) is 42.5 Å². The second-order valence-electron chi connectivity index (χ2n) is 3.69. The zero-order valence-corrected chi connectivity index (χ0v) is 9.95. The van der Waals surface area contributed by atoms with Gasteiger partial charge in [-0.25, -0.2) is 0 Å². The highest BCUT2D eigenvalue weighted by atomic mass is 35.5. The van der Waals surface area contributed by atoms with Crippen molar-refractivity contribution in [2.24, 2.45) is 0 Å². The van der Waals surface area contributed by atoms with Gasteiger partial charge in [-0.1, -0.05) is 54.6 Å². The van der Waals surface area contributed by atoms with E-state index in [1.54, 1.807) is 6.07 Å². The summed E-state index contributed by atoms with van der Waals surface area (Å²) in [6.45, 7) is 4.03. The number of hydrogen-bond donors (Lipinski definition) is 0. The lowest BCUT2D eigenvalue weighted by Gasteiger charge is -2.08. The fourth-order valence-electron chi connectivity index (χ4n) is 1.71. The fourth-order valence-corrected chi connectivity index (χ4v) is 1.90. The normalized spacial score (nSPS) is 9.94. The van der Waals surface area contributed by atoms with Crippen LogP contribution in [-0.2, 0) is 0 Å². The van der Waals surface area contributed by atoms with Crippen molar-refractivity contribution in [1.82, 2.24) is 0 Å². The molecule has 2 aromatic rings. The summed E-state index contributed by atoms with van der Waals surface area (Å²) in [6, 6.07) is 14.8. The van der Waals surface area contributed by atoms with Gasteiger partial charge in [-0.05, 0) is 28.8 Å². The standard InChI is InChI=1S/C15H11ClO/c1-11(12-6-4-7-14(16)9-12)15-8-3-2-5-13(15)10-17/h2-10H,1H2. The van der Waals surface area contributed by atoms with Crippen LogP contribution in [0.3, 0.4) is 0 Å². The molecule has 0 unspecified atom stereocenters. The van der Waals surface area contributed by atoms with Crippen molar-refractivity contribution in [2.45, 2.75) is 0 Å². The largest absolute Gasteiger partial charge is 0.298 e. The van der Waals surface area contributed by atoms with Crippen molar-refractivity contribution >= 4 is 23.5 Å². The van der Waals surface area contributed by atoms with E-state index in [0.717, 1.165) is 23.0 Å². The summed E-state index contributed by atoms with van der Waals surface area (Å²) in [5, 5.41) is 0.659. The molecule has 0 heterocycles. The van der Waals surface area contributed by atoms with Crippen LogP contribution in [0.4, 0.5) is 0 Å². The Morgan fingerprint density at radius 1 is 1.12 bits per heavy atom. The van der Waals surface area contributed by atoms with Gasteiger partial charge in [-0.2, -0.15) is 0 Å². The SMILES string of the molecule is C=C(c1cccc(Cl)c1)c1ccccc1C=O. The molecule has 0 spiro atoms. The van der Waals surface area contributed by atoms with E-state index in [4.69, 9.17) is 11.6 Å². The molecule has 84 valence electrons. The third-order valence-electron chi connectivity index (χ3n) is 2.59. The maximum atomic E-state index is 11.0. The predicted molar refractivity (Wildman–Crippen MR) is 71.4 cm³/mol. The highest BCUT2D eigenvalue weighted by Gasteiger charge is 2.07. The summed E-state index contributed by atoms with van der Waals surface area (Å²) >= 11 is 5.94. The van der Waals surface area contributed by atoms with Gasteiger partial charge in [-0.3, -0.25) is 4.79 Å². The molecule has 0 aliphatic rings. The van der Waals surface area contributed by atoms with Crippen molar-refractivity contribution < 1.29 is 4.79 Å². The first-order valence-corrected chi connectivity index (χ1v) is 5.59. The Labute approximate surface area is 105 Å². The highest BCUT2D eigenvalue weighted by Crippen LogP contribution is 2.25. The molecular formula is C15H11ClO. The number of halogens is 1. The van der Waals surface area contributed by atoms with Crippen LogP contribution in [-0.4, -0.2) is 6.29 Å². The highest BCUT2D eigenvalue weighted by molar-refractivity contribution is 6.30. The molecule has 0 atom stereocenters. The zero-order valence-electron chi connectivity index (χ0n) is 9.19. The molecule has 17 heavy (non-hydrogen) atoms. The minimum absolute atomic E-state index is 0.637. The van der Waals surface area contributed by atoms with Gasteiger partial charge in [0.05, 0.1) is 0 Å². The average Bonchev–Trinajstić information content (AvgIpc) is 2.38. The van der Waals surface area contributed by atoms with E-state index < -0.39 is 0 Å². The summed E-state index contributed by atoms with van der Waals surface area (Å²) < 4.78 is 0. The minimum Gasteiger partial charge on any atom is -0.298 e. The second-order valence-corrected chi connectivity index (χ2v) is 4.13. The van der Waals surface area contributed by atoms with E-state index in [2.05, 4.69) is 6.58 Å². The average molecular weight is 243 g/mol. The minimum atomic E-state index is 0.637. The van der Waals surface area contributed by atoms with E-state index in [-0.39, 0.29) is 0 Å². The predicted octanol–water partition coefficient (Wildman–Crippen LogP) is 4.21. The first kappa shape index (κ1) is 11.6. The van der Waals surface area contributed by atoms with Crippen LogP contribution in [0.1, 0.15) is 21.5 Å². The molecule has 0 N–H and O–H groups in total. The summed E-state index contributed by atoms with van der Waals surface area (Å²) in [7, 11) is 0. The van der Waals surface area contributed by atoms with E-state index in [0.29, 0.717) is 10.6 Å². The monoisotopic (exact) mass is 242 g/mol. The lowest BCUT2D eigenvalue weighted by Crippen LogP contribution is -1.92. The van der Waals surface area contributed by atoms with Gasteiger partial charge in [0.25, 0.3) is 0 Å². The van der Waals surface area contributed by atoms with Crippen LogP contribution in [0.15, 0.2) is 55.1 Å². The van der Waals surface area contributed by atoms with Crippen LogP contribution in [0, 0.1) is 0 Å². The third kappa shape index (κ3) is 2.45. The molecule has 2 aromatic carbocycles. The van der Waals surface area contributed by atoms with Crippen molar-refractivity contribution in [1.29, 1.82) is 0 Å². The molecule has 1 nitrogen and oxygen atoms in total. The van der Waals surface area contributed by atoms with Crippen LogP contribution in [0.25, 0.3) is 5.57 Å². The second kappa shape index (κ2) is 4.98. The number of carbonyl (C=O) groups is 1. The van der Waals surface area contributed by atoms with E-state index >= 15 is 0 Å². The van der Waals surface area contributed by atoms with Crippen molar-refractivity contribution in [3.8, 4) is 0 Å². The first-order valence-electron chi connectivity index (χ1n) is 5.22. The Bertz CT molecular complexity index is 573. The lowest BCUT2D eigenvalue weighted by molar-refractivity contribution is 0.112. The summed E-state index contributed by atoms with van der Waals surface area (Å²) in [5.41, 5.74) is 3.20. The van der Waals surface area contributed by atoms with Gasteiger partial charge in [0.2, 0.25) is 0 Å². The smallest absolute Gasteiger partial charge is 0.150 e. The fraction of sp³-hybridized carbons (Fsp3) is 0. The number of benzene rings is 2. The Hall–Kier alpha value is -1.86. The first-order chi connectivity index (χ1) is 8.22. The molecule has 0 aliphatic carbocycles. The molecule has 0 fully saturated rings. The van der Waals surface area contributed by atoms with Gasteiger partial charge < -0.3 is 0 Å². The van der Waals surface area contributed by atoms with Crippen molar-refractivity contribution in [3.05, 3.63) is 76.8 Å². The van der Waals surface area contributed by atoms with Gasteiger partial charge in [0.15, 0.2) is 6.29 Å². The number of aldehydes is 1. The van der Waals surface area contributed by atoms with Gasteiger partial charge in [-0.15, -0.1) is 0 Å². The lowest BCUT2D eigenvalue weighted by atomic mass is 9.96. The van der Waals surface area contributed by atoms with Gasteiger partial charge >= 0.3 is 0 Å². The molecule has 2 heteroatoms. The molecular weight excluding hydrogens is 232 g/mol. The van der Waals surface area contributed by atoms with Crippen LogP contribution < -0.4 is 0 Å².